The van der Waals surface area contributed by atoms with Gasteiger partial charge in [-0.15, -0.1) is 11.8 Å². The third-order valence-corrected chi connectivity index (χ3v) is 3.54. The van der Waals surface area contributed by atoms with Gasteiger partial charge < -0.3 is 4.90 Å². The highest BCUT2D eigenvalue weighted by Crippen LogP contribution is 2.33. The van der Waals surface area contributed by atoms with Crippen LogP contribution in [0.15, 0.2) is 0 Å². The van der Waals surface area contributed by atoms with E-state index in [2.05, 4.69) is 20.8 Å². The van der Waals surface area contributed by atoms with E-state index in [9.17, 15) is 4.79 Å². The first-order valence-electron chi connectivity index (χ1n) is 4.83. The van der Waals surface area contributed by atoms with Crippen molar-refractivity contribution < 1.29 is 4.79 Å². The molecular formula is C10H19NOS. The molecule has 0 saturated carbocycles. The second-order valence-electron chi connectivity index (χ2n) is 4.62. The maximum atomic E-state index is 11.7. The standard InChI is InChI=1S/C10H19NOS/c1-10(2,3)13-8-6-5-7-11(4)9(8)12/h8H,5-7H2,1-4H3. The van der Waals surface area contributed by atoms with Gasteiger partial charge in [-0.05, 0) is 12.8 Å². The summed E-state index contributed by atoms with van der Waals surface area (Å²) in [5.41, 5.74) is 0. The lowest BCUT2D eigenvalue weighted by Gasteiger charge is -2.32. The fraction of sp³-hybridized carbons (Fsp3) is 0.900. The van der Waals surface area contributed by atoms with Crippen molar-refractivity contribution in [1.82, 2.24) is 4.90 Å². The van der Waals surface area contributed by atoms with Gasteiger partial charge in [0.05, 0.1) is 5.25 Å². The van der Waals surface area contributed by atoms with Crippen molar-refractivity contribution in [3.63, 3.8) is 0 Å². The van der Waals surface area contributed by atoms with Crippen LogP contribution in [0.1, 0.15) is 33.6 Å². The fourth-order valence-electron chi connectivity index (χ4n) is 1.53. The van der Waals surface area contributed by atoms with E-state index >= 15 is 0 Å². The number of carbonyl (C=O) groups is 1. The summed E-state index contributed by atoms with van der Waals surface area (Å²) in [7, 11) is 1.90. The molecule has 0 radical (unpaired) electrons. The Hall–Kier alpha value is -0.180. The van der Waals surface area contributed by atoms with E-state index in [1.54, 1.807) is 11.8 Å². The number of thioether (sulfide) groups is 1. The minimum atomic E-state index is 0.193. The third-order valence-electron chi connectivity index (χ3n) is 2.11. The van der Waals surface area contributed by atoms with E-state index in [-0.39, 0.29) is 10.00 Å². The predicted molar refractivity (Wildman–Crippen MR) is 58.0 cm³/mol. The third kappa shape index (κ3) is 3.22. The highest BCUT2D eigenvalue weighted by molar-refractivity contribution is 8.01. The zero-order valence-electron chi connectivity index (χ0n) is 8.96. The molecule has 1 aliphatic rings. The van der Waals surface area contributed by atoms with Crippen LogP contribution in [0.5, 0.6) is 0 Å². The Kier molecular flexibility index (Phi) is 3.28. The lowest BCUT2D eigenvalue weighted by molar-refractivity contribution is -0.131. The molecule has 2 nitrogen and oxygen atoms in total. The van der Waals surface area contributed by atoms with E-state index < -0.39 is 0 Å². The summed E-state index contributed by atoms with van der Waals surface area (Å²) in [6.07, 6.45) is 2.20. The largest absolute Gasteiger partial charge is 0.345 e. The Morgan fingerprint density at radius 2 is 2.08 bits per heavy atom. The van der Waals surface area contributed by atoms with Crippen LogP contribution >= 0.6 is 11.8 Å². The van der Waals surface area contributed by atoms with Gasteiger partial charge in [0, 0.05) is 18.3 Å². The zero-order valence-corrected chi connectivity index (χ0v) is 9.78. The van der Waals surface area contributed by atoms with Gasteiger partial charge in [-0.2, -0.15) is 0 Å². The second kappa shape index (κ2) is 3.91. The highest BCUT2D eigenvalue weighted by Gasteiger charge is 2.30. The van der Waals surface area contributed by atoms with Crippen molar-refractivity contribution in [3.8, 4) is 0 Å². The summed E-state index contributed by atoms with van der Waals surface area (Å²) in [6.45, 7) is 7.43. The molecule has 1 atom stereocenters. The van der Waals surface area contributed by atoms with Gasteiger partial charge in [-0.25, -0.2) is 0 Å². The Morgan fingerprint density at radius 1 is 1.46 bits per heavy atom. The molecule has 0 aromatic carbocycles. The lowest BCUT2D eigenvalue weighted by Crippen LogP contribution is -2.41. The normalized spacial score (nSPS) is 25.1. The Balaban J connectivity index is 2.54. The Labute approximate surface area is 85.1 Å². The number of carbonyl (C=O) groups excluding carboxylic acids is 1. The highest BCUT2D eigenvalue weighted by atomic mass is 32.2. The van der Waals surface area contributed by atoms with Gasteiger partial charge in [0.1, 0.15) is 0 Å². The molecule has 13 heavy (non-hydrogen) atoms. The maximum Gasteiger partial charge on any atom is 0.235 e. The molecule has 1 unspecified atom stereocenters. The topological polar surface area (TPSA) is 20.3 Å². The van der Waals surface area contributed by atoms with Crippen molar-refractivity contribution >= 4 is 17.7 Å². The van der Waals surface area contributed by atoms with Crippen molar-refractivity contribution in [2.24, 2.45) is 0 Å². The number of piperidine rings is 1. The molecule has 0 aromatic heterocycles. The first-order chi connectivity index (χ1) is 5.90. The smallest absolute Gasteiger partial charge is 0.235 e. The first-order valence-corrected chi connectivity index (χ1v) is 5.71. The van der Waals surface area contributed by atoms with Gasteiger partial charge in [0.25, 0.3) is 0 Å². The number of nitrogens with zero attached hydrogens (tertiary/aromatic N) is 1. The van der Waals surface area contributed by atoms with E-state index in [1.807, 2.05) is 11.9 Å². The van der Waals surface area contributed by atoms with Crippen LogP contribution in [0.4, 0.5) is 0 Å². The van der Waals surface area contributed by atoms with Crippen molar-refractivity contribution in [2.75, 3.05) is 13.6 Å². The van der Waals surface area contributed by atoms with Crippen molar-refractivity contribution in [1.29, 1.82) is 0 Å². The molecule has 1 saturated heterocycles. The minimum Gasteiger partial charge on any atom is -0.345 e. The molecular weight excluding hydrogens is 182 g/mol. The SMILES string of the molecule is CN1CCCC(SC(C)(C)C)C1=O. The average molecular weight is 201 g/mol. The summed E-state index contributed by atoms with van der Waals surface area (Å²) in [4.78, 5) is 13.6. The molecule has 1 rings (SSSR count). The van der Waals surface area contributed by atoms with Crippen molar-refractivity contribution in [2.45, 2.75) is 43.6 Å². The second-order valence-corrected chi connectivity index (χ2v) is 6.65. The number of hydrogen-bond acceptors (Lipinski definition) is 2. The molecule has 1 aliphatic heterocycles. The summed E-state index contributed by atoms with van der Waals surface area (Å²) >= 11 is 1.80. The Morgan fingerprint density at radius 3 is 2.62 bits per heavy atom. The molecule has 0 aliphatic carbocycles. The monoisotopic (exact) mass is 201 g/mol. The number of hydrogen-bond donors (Lipinski definition) is 0. The molecule has 1 heterocycles. The molecule has 0 aromatic rings. The van der Waals surface area contributed by atoms with Gasteiger partial charge >= 0.3 is 0 Å². The summed E-state index contributed by atoms with van der Waals surface area (Å²) < 4.78 is 0.193. The molecule has 3 heteroatoms. The molecule has 1 amide bonds. The van der Waals surface area contributed by atoms with Gasteiger partial charge in [0.15, 0.2) is 0 Å². The number of amides is 1. The van der Waals surface area contributed by atoms with E-state index in [0.717, 1.165) is 19.4 Å². The van der Waals surface area contributed by atoms with Crippen LogP contribution in [0.3, 0.4) is 0 Å². The van der Waals surface area contributed by atoms with E-state index in [0.29, 0.717) is 5.91 Å². The Bertz CT molecular complexity index is 198. The summed E-state index contributed by atoms with van der Waals surface area (Å²) in [5.74, 6) is 0.311. The van der Waals surface area contributed by atoms with Crippen molar-refractivity contribution in [3.05, 3.63) is 0 Å². The fourth-order valence-corrected chi connectivity index (χ4v) is 2.95. The summed E-state index contributed by atoms with van der Waals surface area (Å²) in [5, 5.41) is 0.193. The van der Waals surface area contributed by atoms with Crippen LogP contribution in [0, 0.1) is 0 Å². The zero-order chi connectivity index (χ0) is 10.1. The van der Waals surface area contributed by atoms with Crippen LogP contribution in [-0.2, 0) is 4.79 Å². The predicted octanol–water partition coefficient (Wildman–Crippen LogP) is 2.14. The van der Waals surface area contributed by atoms with Gasteiger partial charge in [-0.3, -0.25) is 4.79 Å². The van der Waals surface area contributed by atoms with Crippen LogP contribution in [0.2, 0.25) is 0 Å². The molecule has 76 valence electrons. The molecule has 0 spiro atoms. The van der Waals surface area contributed by atoms with Gasteiger partial charge in [0.2, 0.25) is 5.91 Å². The lowest BCUT2D eigenvalue weighted by atomic mass is 10.1. The van der Waals surface area contributed by atoms with Crippen LogP contribution in [-0.4, -0.2) is 34.4 Å². The quantitative estimate of drug-likeness (QED) is 0.648. The molecule has 1 fully saturated rings. The number of rotatable bonds is 1. The average Bonchev–Trinajstić information content (AvgIpc) is 1.96. The summed E-state index contributed by atoms with van der Waals surface area (Å²) in [6, 6.07) is 0. The van der Waals surface area contributed by atoms with E-state index in [1.165, 1.54) is 0 Å². The molecule has 0 N–H and O–H groups in total. The maximum absolute atomic E-state index is 11.7. The number of likely N-dealkylation sites (tertiary alicyclic amines) is 1. The van der Waals surface area contributed by atoms with Crippen LogP contribution in [0.25, 0.3) is 0 Å². The first kappa shape index (κ1) is 10.9. The van der Waals surface area contributed by atoms with E-state index in [4.69, 9.17) is 0 Å². The molecule has 0 bridgehead atoms. The van der Waals surface area contributed by atoms with Crippen LogP contribution < -0.4 is 0 Å². The minimum absolute atomic E-state index is 0.193. The van der Waals surface area contributed by atoms with Gasteiger partial charge in [-0.1, -0.05) is 20.8 Å².